The van der Waals surface area contributed by atoms with Crippen LogP contribution in [0.4, 0.5) is 0 Å². The summed E-state index contributed by atoms with van der Waals surface area (Å²) in [5.74, 6) is -1.84. The molecule has 0 aliphatic heterocycles. The van der Waals surface area contributed by atoms with Gasteiger partial charge in [0, 0.05) is 30.3 Å². The molecule has 0 heterocycles. The molecule has 170 valence electrons. The summed E-state index contributed by atoms with van der Waals surface area (Å²) in [7, 11) is -2.14. The van der Waals surface area contributed by atoms with Crippen molar-refractivity contribution >= 4 is 28.1 Å². The summed E-state index contributed by atoms with van der Waals surface area (Å²) in [6.45, 7) is 2.02. The van der Waals surface area contributed by atoms with Crippen molar-refractivity contribution in [2.24, 2.45) is 5.10 Å². The quantitative estimate of drug-likeness (QED) is 0.404. The lowest BCUT2D eigenvalue weighted by Crippen LogP contribution is -2.26. The van der Waals surface area contributed by atoms with Crippen LogP contribution in [0.5, 0.6) is 0 Å². The van der Waals surface area contributed by atoms with Gasteiger partial charge in [-0.3, -0.25) is 4.79 Å². The highest BCUT2D eigenvalue weighted by atomic mass is 32.2. The van der Waals surface area contributed by atoms with Crippen LogP contribution in [0.15, 0.2) is 82.8 Å². The minimum Gasteiger partial charge on any atom is -0.545 e. The molecule has 0 aliphatic rings. The summed E-state index contributed by atoms with van der Waals surface area (Å²) in [5.41, 5.74) is 4.58. The van der Waals surface area contributed by atoms with Crippen molar-refractivity contribution in [2.75, 3.05) is 7.05 Å². The molecule has 3 rings (SSSR count). The third-order valence-corrected chi connectivity index (χ3v) is 6.72. The van der Waals surface area contributed by atoms with Gasteiger partial charge in [0.05, 0.1) is 17.1 Å². The SMILES string of the molecule is Cc1ccc(S(=O)(=O)N(C)Cc2ccc(C(=O)N/N=C\c3ccccc3C(=O)[O-])cc2)cc1. The van der Waals surface area contributed by atoms with Gasteiger partial charge in [0.2, 0.25) is 10.0 Å². The van der Waals surface area contributed by atoms with Crippen molar-refractivity contribution < 1.29 is 23.1 Å². The van der Waals surface area contributed by atoms with Gasteiger partial charge in [0.1, 0.15) is 0 Å². The lowest BCUT2D eigenvalue weighted by Gasteiger charge is -2.17. The van der Waals surface area contributed by atoms with E-state index in [2.05, 4.69) is 10.5 Å². The Morgan fingerprint density at radius 2 is 1.64 bits per heavy atom. The van der Waals surface area contributed by atoms with Crippen LogP contribution in [0, 0.1) is 6.92 Å². The fraction of sp³-hybridized carbons (Fsp3) is 0.125. The number of sulfonamides is 1. The number of aromatic carboxylic acids is 1. The molecule has 0 saturated carbocycles. The first-order valence-electron chi connectivity index (χ1n) is 9.94. The van der Waals surface area contributed by atoms with E-state index >= 15 is 0 Å². The first-order chi connectivity index (χ1) is 15.7. The molecule has 0 radical (unpaired) electrons. The van der Waals surface area contributed by atoms with Crippen molar-refractivity contribution in [3.05, 3.63) is 101 Å². The summed E-state index contributed by atoms with van der Waals surface area (Å²) in [6.07, 6.45) is 1.22. The summed E-state index contributed by atoms with van der Waals surface area (Å²) in [4.78, 5) is 23.6. The number of carboxylic acid groups (broad SMARTS) is 1. The van der Waals surface area contributed by atoms with Crippen molar-refractivity contribution in [3.63, 3.8) is 0 Å². The second kappa shape index (κ2) is 10.2. The smallest absolute Gasteiger partial charge is 0.271 e. The molecule has 3 aromatic carbocycles. The van der Waals surface area contributed by atoms with Crippen LogP contribution in [0.2, 0.25) is 0 Å². The molecule has 0 fully saturated rings. The number of carbonyl (C=O) groups is 2. The molecule has 1 amide bonds. The van der Waals surface area contributed by atoms with Gasteiger partial charge >= 0.3 is 0 Å². The Labute approximate surface area is 192 Å². The Morgan fingerprint density at radius 1 is 1.00 bits per heavy atom. The monoisotopic (exact) mass is 464 g/mol. The number of amides is 1. The average Bonchev–Trinajstić information content (AvgIpc) is 2.80. The topological polar surface area (TPSA) is 119 Å². The van der Waals surface area contributed by atoms with E-state index in [1.54, 1.807) is 60.7 Å². The highest BCUT2D eigenvalue weighted by Gasteiger charge is 2.20. The molecule has 3 aromatic rings. The van der Waals surface area contributed by atoms with Gasteiger partial charge in [-0.15, -0.1) is 0 Å². The van der Waals surface area contributed by atoms with E-state index in [0.29, 0.717) is 16.7 Å². The number of benzene rings is 3. The molecule has 0 atom stereocenters. The van der Waals surface area contributed by atoms with Crippen molar-refractivity contribution in [2.45, 2.75) is 18.4 Å². The van der Waals surface area contributed by atoms with E-state index < -0.39 is 21.9 Å². The van der Waals surface area contributed by atoms with Crippen LogP contribution in [0.3, 0.4) is 0 Å². The van der Waals surface area contributed by atoms with E-state index in [1.165, 1.54) is 29.7 Å². The van der Waals surface area contributed by atoms with Crippen LogP contribution in [-0.2, 0) is 16.6 Å². The molecule has 9 heteroatoms. The van der Waals surface area contributed by atoms with Crippen molar-refractivity contribution in [3.8, 4) is 0 Å². The molecular formula is C24H22N3O5S-. The number of rotatable bonds is 8. The van der Waals surface area contributed by atoms with Gasteiger partial charge in [-0.25, -0.2) is 13.8 Å². The first-order valence-corrected chi connectivity index (χ1v) is 11.4. The zero-order valence-corrected chi connectivity index (χ0v) is 18.9. The zero-order chi connectivity index (χ0) is 24.0. The maximum Gasteiger partial charge on any atom is 0.271 e. The number of carboxylic acids is 1. The maximum atomic E-state index is 12.7. The standard InChI is InChI=1S/C24H23N3O5S/c1-17-7-13-21(14-8-17)33(31,32)27(2)16-18-9-11-19(12-10-18)23(28)26-25-15-20-5-3-4-6-22(20)24(29)30/h3-15H,16H2,1-2H3,(H,26,28)(H,29,30)/p-1/b25-15-. The Kier molecular flexibility index (Phi) is 7.37. The second-order valence-corrected chi connectivity index (χ2v) is 9.39. The van der Waals surface area contributed by atoms with Gasteiger partial charge in [0.25, 0.3) is 5.91 Å². The normalized spacial score (nSPS) is 11.6. The van der Waals surface area contributed by atoms with Crippen LogP contribution < -0.4 is 10.5 Å². The number of hydrazone groups is 1. The molecule has 0 aromatic heterocycles. The largest absolute Gasteiger partial charge is 0.545 e. The molecule has 0 unspecified atom stereocenters. The van der Waals surface area contributed by atoms with E-state index in [0.717, 1.165) is 5.56 Å². The summed E-state index contributed by atoms with van der Waals surface area (Å²) in [5, 5.41) is 14.9. The predicted molar refractivity (Wildman–Crippen MR) is 122 cm³/mol. The number of aryl methyl sites for hydroxylation is 1. The molecule has 8 nitrogen and oxygen atoms in total. The molecule has 0 spiro atoms. The van der Waals surface area contributed by atoms with Gasteiger partial charge in [-0.05, 0) is 36.8 Å². The number of hydrogen-bond donors (Lipinski definition) is 1. The number of nitrogens with zero attached hydrogens (tertiary/aromatic N) is 2. The Bertz CT molecular complexity index is 1280. The second-order valence-electron chi connectivity index (χ2n) is 7.34. The minimum atomic E-state index is -3.64. The Hall–Kier alpha value is -3.82. The number of nitrogens with one attached hydrogen (secondary N) is 1. The molecule has 33 heavy (non-hydrogen) atoms. The summed E-state index contributed by atoms with van der Waals surface area (Å²) >= 11 is 0. The van der Waals surface area contributed by atoms with Crippen LogP contribution in [0.25, 0.3) is 0 Å². The van der Waals surface area contributed by atoms with Gasteiger partial charge in [-0.2, -0.15) is 9.41 Å². The fourth-order valence-electron chi connectivity index (χ4n) is 3.01. The van der Waals surface area contributed by atoms with Crippen LogP contribution in [0.1, 0.15) is 37.4 Å². The third kappa shape index (κ3) is 5.91. The zero-order valence-electron chi connectivity index (χ0n) is 18.1. The van der Waals surface area contributed by atoms with E-state index in [-0.39, 0.29) is 17.0 Å². The van der Waals surface area contributed by atoms with Crippen LogP contribution in [-0.4, -0.2) is 37.9 Å². The third-order valence-electron chi connectivity index (χ3n) is 4.90. The fourth-order valence-corrected chi connectivity index (χ4v) is 4.17. The van der Waals surface area contributed by atoms with E-state index in [9.17, 15) is 23.1 Å². The molecule has 1 N–H and O–H groups in total. The van der Waals surface area contributed by atoms with Crippen LogP contribution >= 0.6 is 0 Å². The van der Waals surface area contributed by atoms with Gasteiger partial charge in [-0.1, -0.05) is 54.1 Å². The Balaban J connectivity index is 1.63. The highest BCUT2D eigenvalue weighted by molar-refractivity contribution is 7.89. The lowest BCUT2D eigenvalue weighted by molar-refractivity contribution is -0.255. The van der Waals surface area contributed by atoms with Gasteiger partial charge in [0.15, 0.2) is 0 Å². The molecule has 0 aliphatic carbocycles. The molecule has 0 saturated heterocycles. The lowest BCUT2D eigenvalue weighted by atomic mass is 10.1. The molecule has 0 bridgehead atoms. The maximum absolute atomic E-state index is 12.7. The van der Waals surface area contributed by atoms with E-state index in [1.807, 2.05) is 6.92 Å². The molecular weight excluding hydrogens is 442 g/mol. The number of carbonyl (C=O) groups excluding carboxylic acids is 2. The van der Waals surface area contributed by atoms with Crippen molar-refractivity contribution in [1.82, 2.24) is 9.73 Å². The average molecular weight is 465 g/mol. The summed E-state index contributed by atoms with van der Waals surface area (Å²) < 4.78 is 26.7. The van der Waals surface area contributed by atoms with Crippen molar-refractivity contribution in [1.29, 1.82) is 0 Å². The number of hydrogen-bond acceptors (Lipinski definition) is 6. The first kappa shape index (κ1) is 23.8. The highest BCUT2D eigenvalue weighted by Crippen LogP contribution is 2.17. The Morgan fingerprint density at radius 3 is 2.27 bits per heavy atom. The minimum absolute atomic E-state index is 0.0374. The van der Waals surface area contributed by atoms with Gasteiger partial charge < -0.3 is 9.90 Å². The summed E-state index contributed by atoms with van der Waals surface area (Å²) in [6, 6.07) is 19.2. The van der Waals surface area contributed by atoms with E-state index in [4.69, 9.17) is 0 Å². The predicted octanol–water partition coefficient (Wildman–Crippen LogP) is 1.94.